The first-order valence-corrected chi connectivity index (χ1v) is 19.8. The lowest BCUT2D eigenvalue weighted by Gasteiger charge is -2.08. The predicted molar refractivity (Wildman–Crippen MR) is 190 cm³/mol. The van der Waals surface area contributed by atoms with Gasteiger partial charge < -0.3 is 0 Å². The van der Waals surface area contributed by atoms with Gasteiger partial charge in [0, 0.05) is 44.8 Å². The Balaban J connectivity index is 1.12. The molecule has 17 heteroatoms. The molecule has 2 aliphatic carbocycles. The zero-order chi connectivity index (χ0) is 35.1. The van der Waals surface area contributed by atoms with Crippen molar-refractivity contribution in [1.82, 2.24) is 19.6 Å². The van der Waals surface area contributed by atoms with Crippen molar-refractivity contribution in [2.75, 3.05) is 10.6 Å². The third-order valence-electron chi connectivity index (χ3n) is 8.74. The zero-order valence-corrected chi connectivity index (χ0v) is 29.7. The van der Waals surface area contributed by atoms with Gasteiger partial charge in [0.25, 0.3) is 0 Å². The number of carbonyl (C=O) groups excluding carboxylic acids is 1. The van der Waals surface area contributed by atoms with E-state index in [1.165, 1.54) is 12.1 Å². The van der Waals surface area contributed by atoms with Gasteiger partial charge in [0.15, 0.2) is 11.6 Å². The van der Waals surface area contributed by atoms with E-state index in [0.717, 1.165) is 54.7 Å². The first-order chi connectivity index (χ1) is 23.7. The molecule has 0 atom stereocenters. The third-order valence-corrected chi connectivity index (χ3v) is 13.6. The molecule has 2 aliphatic rings. The summed E-state index contributed by atoms with van der Waals surface area (Å²) in [6.45, 7) is 4.68. The van der Waals surface area contributed by atoms with Crippen molar-refractivity contribution in [1.29, 1.82) is 0 Å². The van der Waals surface area contributed by atoms with Crippen molar-refractivity contribution in [3.05, 3.63) is 104 Å². The summed E-state index contributed by atoms with van der Waals surface area (Å²) in [4.78, 5) is 15.1. The van der Waals surface area contributed by atoms with Crippen LogP contribution in [0.4, 0.5) is 16.4 Å². The topological polar surface area (TPSA) is 186 Å². The molecular formula is C33H28N6O7S4. The molecular weight excluding hydrogens is 721 g/mol. The van der Waals surface area contributed by atoms with Crippen LogP contribution < -0.4 is 10.6 Å². The molecule has 0 aliphatic heterocycles. The number of aromatic nitrogens is 4. The fourth-order valence-corrected chi connectivity index (χ4v) is 10.2. The first-order valence-electron chi connectivity index (χ1n) is 15.3. The second-order valence-electron chi connectivity index (χ2n) is 12.3. The minimum atomic E-state index is -4.40. The average molecular weight is 749 g/mol. The Hall–Kier alpha value is -4.65. The minimum Gasteiger partial charge on any atom is -0.290 e. The lowest BCUT2D eigenvalue weighted by molar-refractivity contribution is 0.262. The lowest BCUT2D eigenvalue weighted by atomic mass is 10.1. The molecule has 0 bridgehead atoms. The summed E-state index contributed by atoms with van der Waals surface area (Å²) in [7, 11) is -8.80. The summed E-state index contributed by atoms with van der Waals surface area (Å²) < 4.78 is 70.2. The highest BCUT2D eigenvalue weighted by Crippen LogP contribution is 2.47. The van der Waals surface area contributed by atoms with Crippen LogP contribution in [0.2, 0.25) is 0 Å². The van der Waals surface area contributed by atoms with E-state index in [2.05, 4.69) is 10.6 Å². The Morgan fingerprint density at radius 3 is 1.44 bits per heavy atom. The van der Waals surface area contributed by atoms with Crippen LogP contribution in [0.5, 0.6) is 0 Å². The molecule has 6 aromatic rings. The number of aryl methyl sites for hydroxylation is 2. The maximum Gasteiger partial charge on any atom is 0.326 e. The maximum absolute atomic E-state index is 13.6. The Morgan fingerprint density at radius 2 is 1.08 bits per heavy atom. The van der Waals surface area contributed by atoms with Gasteiger partial charge in [-0.25, -0.2) is 4.79 Å². The zero-order valence-electron chi connectivity index (χ0n) is 26.5. The van der Waals surface area contributed by atoms with Crippen LogP contribution in [-0.2, 0) is 46.2 Å². The number of hydrogen-bond acceptors (Lipinski definition) is 9. The van der Waals surface area contributed by atoms with E-state index in [4.69, 9.17) is 10.2 Å². The van der Waals surface area contributed by atoms with Gasteiger partial charge >= 0.3 is 26.3 Å². The minimum absolute atomic E-state index is 0.157. The molecule has 256 valence electrons. The molecule has 2 amide bonds. The van der Waals surface area contributed by atoms with E-state index in [0.29, 0.717) is 71.2 Å². The standard InChI is InChI=1S/C33H28N6O7S4/c1-17-3-7-19(8-4-17)15-38-29-21-13-27(49(41,42)43)47-25(21)11-23(29)31(36-38)34-33(40)35-32-24-12-26-22(14-28(48-26)50(44,45)46)30(24)39(37-32)16-20-9-5-18(2)6-10-20/h3-10,13-14H,11-12,15-16H2,1-2H3,(H,41,42,43)(H,44,45,46)(H2,34,35,36,37,40). The van der Waals surface area contributed by atoms with Gasteiger partial charge in [-0.15, -0.1) is 22.7 Å². The number of benzene rings is 2. The molecule has 8 rings (SSSR count). The predicted octanol–water partition coefficient (Wildman–Crippen LogP) is 6.20. The van der Waals surface area contributed by atoms with Gasteiger partial charge in [0.2, 0.25) is 0 Å². The number of thiophene rings is 2. The number of anilines is 2. The fraction of sp³-hybridized carbons (Fsp3) is 0.182. The molecule has 0 saturated heterocycles. The van der Waals surface area contributed by atoms with E-state index >= 15 is 0 Å². The number of amides is 2. The highest BCUT2D eigenvalue weighted by atomic mass is 32.3. The quantitative estimate of drug-likeness (QED) is 0.131. The Labute approximate surface area is 294 Å². The SMILES string of the molecule is Cc1ccc(Cn2nc(NC(=O)Nc3nn(Cc4ccc(C)cc4)c4c3Cc3sc(S(=O)(=O)O)cc3-4)c3c2-c2cc(S(=O)(=O)O)sc2C3)cc1. The normalized spacial score (nSPS) is 13.2. The van der Waals surface area contributed by atoms with Crippen LogP contribution in [0.3, 0.4) is 0 Å². The number of nitrogens with zero attached hydrogens (tertiary/aromatic N) is 4. The van der Waals surface area contributed by atoms with Crippen molar-refractivity contribution >= 4 is 60.6 Å². The fourth-order valence-electron chi connectivity index (χ4n) is 6.39. The molecule has 0 fully saturated rings. The summed E-state index contributed by atoms with van der Waals surface area (Å²) in [5, 5.41) is 15.2. The summed E-state index contributed by atoms with van der Waals surface area (Å²) in [5.41, 5.74) is 8.10. The molecule has 0 unspecified atom stereocenters. The average Bonchev–Trinajstić information content (AvgIpc) is 3.85. The molecule has 50 heavy (non-hydrogen) atoms. The van der Waals surface area contributed by atoms with E-state index in [1.807, 2.05) is 62.4 Å². The van der Waals surface area contributed by atoms with Gasteiger partial charge in [-0.3, -0.25) is 29.1 Å². The van der Waals surface area contributed by atoms with Gasteiger partial charge in [0.1, 0.15) is 8.42 Å². The van der Waals surface area contributed by atoms with E-state index in [-0.39, 0.29) is 8.42 Å². The Bertz CT molecular complexity index is 2400. The Morgan fingerprint density at radius 1 is 0.700 bits per heavy atom. The molecule has 4 N–H and O–H groups in total. The van der Waals surface area contributed by atoms with Crippen molar-refractivity contribution in [3.8, 4) is 22.5 Å². The van der Waals surface area contributed by atoms with Crippen molar-refractivity contribution in [2.45, 2.75) is 48.2 Å². The second-order valence-corrected chi connectivity index (χ2v) is 17.9. The Kier molecular flexibility index (Phi) is 7.63. The molecule has 0 saturated carbocycles. The monoisotopic (exact) mass is 748 g/mol. The smallest absolute Gasteiger partial charge is 0.290 e. The van der Waals surface area contributed by atoms with E-state index in [9.17, 15) is 30.7 Å². The number of nitrogens with one attached hydrogen (secondary N) is 2. The van der Waals surface area contributed by atoms with Crippen LogP contribution in [0.1, 0.15) is 43.1 Å². The summed E-state index contributed by atoms with van der Waals surface area (Å²) >= 11 is 1.96. The summed E-state index contributed by atoms with van der Waals surface area (Å²) in [6, 6.07) is 18.1. The first kappa shape index (κ1) is 32.5. The lowest BCUT2D eigenvalue weighted by Crippen LogP contribution is -2.21. The van der Waals surface area contributed by atoms with Crippen LogP contribution in [0.15, 0.2) is 69.1 Å². The highest BCUT2D eigenvalue weighted by molar-refractivity contribution is 7.88. The molecule has 13 nitrogen and oxygen atoms in total. The second kappa shape index (κ2) is 11.7. The number of rotatable bonds is 8. The molecule has 0 spiro atoms. The largest absolute Gasteiger partial charge is 0.326 e. The highest BCUT2D eigenvalue weighted by Gasteiger charge is 2.35. The van der Waals surface area contributed by atoms with Crippen LogP contribution in [0, 0.1) is 13.8 Å². The van der Waals surface area contributed by atoms with Crippen molar-refractivity contribution in [3.63, 3.8) is 0 Å². The molecule has 4 heterocycles. The number of urea groups is 1. The van der Waals surface area contributed by atoms with Gasteiger partial charge in [0.05, 0.1) is 24.5 Å². The van der Waals surface area contributed by atoms with Crippen molar-refractivity contribution in [2.24, 2.45) is 0 Å². The van der Waals surface area contributed by atoms with E-state index in [1.54, 1.807) is 9.36 Å². The van der Waals surface area contributed by atoms with Crippen LogP contribution >= 0.6 is 22.7 Å². The third kappa shape index (κ3) is 5.84. The van der Waals surface area contributed by atoms with Crippen LogP contribution in [-0.4, -0.2) is 51.5 Å². The summed E-state index contributed by atoms with van der Waals surface area (Å²) in [5.74, 6) is 0.600. The van der Waals surface area contributed by atoms with Gasteiger partial charge in [-0.1, -0.05) is 59.7 Å². The van der Waals surface area contributed by atoms with Crippen molar-refractivity contribution < 1.29 is 30.7 Å². The summed E-state index contributed by atoms with van der Waals surface area (Å²) in [6.07, 6.45) is 0.621. The van der Waals surface area contributed by atoms with Gasteiger partial charge in [-0.05, 0) is 37.1 Å². The molecule has 4 aromatic heterocycles. The van der Waals surface area contributed by atoms with Crippen LogP contribution in [0.25, 0.3) is 22.5 Å². The number of fused-ring (bicyclic) bond motifs is 6. The van der Waals surface area contributed by atoms with Gasteiger partial charge in [-0.2, -0.15) is 27.0 Å². The molecule has 0 radical (unpaired) electrons. The van der Waals surface area contributed by atoms with E-state index < -0.39 is 26.3 Å². The molecule has 2 aromatic carbocycles. The number of carbonyl (C=O) groups is 1. The number of hydrogen-bond donors (Lipinski definition) is 4. The maximum atomic E-state index is 13.6.